The molecule has 3 aliphatic rings. The van der Waals surface area contributed by atoms with E-state index >= 15 is 0 Å². The lowest BCUT2D eigenvalue weighted by atomic mass is 9.82. The number of pyridine rings is 1. The zero-order chi connectivity index (χ0) is 28.5. The SMILES string of the molecule is CNC(C)C(=O)NC(C(=O)N1CCC2C1C(c1c[nH]c3cc(F)ccc13)CN2Cc1ccncc1)C1CCCCC1. The van der Waals surface area contributed by atoms with Crippen LogP contribution in [0.3, 0.4) is 0 Å². The van der Waals surface area contributed by atoms with Gasteiger partial charge in [0, 0.05) is 61.1 Å². The molecule has 3 aromatic rings. The van der Waals surface area contributed by atoms with Crippen molar-refractivity contribution >= 4 is 22.7 Å². The normalized spacial score (nSPS) is 24.9. The van der Waals surface area contributed by atoms with E-state index in [4.69, 9.17) is 0 Å². The number of hydrogen-bond acceptors (Lipinski definition) is 5. The molecule has 6 rings (SSSR count). The van der Waals surface area contributed by atoms with Crippen molar-refractivity contribution in [1.82, 2.24) is 30.4 Å². The lowest BCUT2D eigenvalue weighted by molar-refractivity contribution is -0.139. The first-order valence-corrected chi connectivity index (χ1v) is 15.1. The summed E-state index contributed by atoms with van der Waals surface area (Å²) in [5.41, 5.74) is 3.08. The van der Waals surface area contributed by atoms with E-state index < -0.39 is 6.04 Å². The molecule has 1 saturated carbocycles. The van der Waals surface area contributed by atoms with Crippen LogP contribution < -0.4 is 10.6 Å². The van der Waals surface area contributed by atoms with Gasteiger partial charge in [-0.3, -0.25) is 19.5 Å². The van der Waals surface area contributed by atoms with Crippen molar-refractivity contribution in [1.29, 1.82) is 0 Å². The molecule has 2 aliphatic heterocycles. The van der Waals surface area contributed by atoms with Crippen molar-refractivity contribution in [2.75, 3.05) is 20.1 Å². The fraction of sp³-hybridized carbons (Fsp3) is 0.531. The summed E-state index contributed by atoms with van der Waals surface area (Å²) in [5, 5.41) is 7.19. The smallest absolute Gasteiger partial charge is 0.245 e. The van der Waals surface area contributed by atoms with Crippen LogP contribution in [0.1, 0.15) is 62.5 Å². The Morgan fingerprint density at radius 2 is 1.90 bits per heavy atom. The topological polar surface area (TPSA) is 93.4 Å². The maximum absolute atomic E-state index is 14.5. The number of H-pyrrole nitrogens is 1. The molecule has 5 unspecified atom stereocenters. The lowest BCUT2D eigenvalue weighted by Crippen LogP contribution is -2.57. The number of benzene rings is 1. The van der Waals surface area contributed by atoms with E-state index in [2.05, 4.69) is 30.4 Å². The number of rotatable bonds is 8. The number of amides is 2. The number of halogens is 1. The molecule has 9 heteroatoms. The number of fused-ring (bicyclic) bond motifs is 2. The first-order valence-electron chi connectivity index (χ1n) is 15.1. The van der Waals surface area contributed by atoms with Crippen LogP contribution in [-0.4, -0.2) is 75.9 Å². The molecular weight excluding hydrogens is 519 g/mol. The van der Waals surface area contributed by atoms with Gasteiger partial charge in [-0.1, -0.05) is 19.3 Å². The maximum Gasteiger partial charge on any atom is 0.245 e. The van der Waals surface area contributed by atoms with Gasteiger partial charge in [0.25, 0.3) is 0 Å². The number of aromatic nitrogens is 2. The minimum Gasteiger partial charge on any atom is -0.361 e. The van der Waals surface area contributed by atoms with Crippen LogP contribution >= 0.6 is 0 Å². The number of likely N-dealkylation sites (N-methyl/N-ethyl adjacent to an activating group) is 1. The standard InChI is InChI=1S/C32H41FN6O2/c1-20(34-2)31(40)37-29(22-6-4-3-5-7-22)32(41)39-15-12-28-30(39)26(19-38(28)18-21-10-13-35-14-11-21)25-17-36-27-16-23(33)8-9-24(25)27/h8-11,13-14,16-17,20,22,26,28-30,34,36H,3-7,12,15,18-19H2,1-2H3,(H,37,40). The van der Waals surface area contributed by atoms with Gasteiger partial charge >= 0.3 is 0 Å². The van der Waals surface area contributed by atoms with Crippen molar-refractivity contribution in [3.05, 3.63) is 65.9 Å². The summed E-state index contributed by atoms with van der Waals surface area (Å²) < 4.78 is 14.0. The van der Waals surface area contributed by atoms with Crippen molar-refractivity contribution in [3.8, 4) is 0 Å². The average Bonchev–Trinajstić information content (AvgIpc) is 3.71. The number of aromatic amines is 1. The van der Waals surface area contributed by atoms with Gasteiger partial charge in [0.2, 0.25) is 11.8 Å². The molecule has 0 radical (unpaired) electrons. The van der Waals surface area contributed by atoms with E-state index in [9.17, 15) is 14.0 Å². The molecule has 2 amide bonds. The van der Waals surface area contributed by atoms with E-state index in [1.165, 1.54) is 24.1 Å². The number of carbonyl (C=O) groups excluding carboxylic acids is 2. The van der Waals surface area contributed by atoms with Gasteiger partial charge in [-0.05, 0) is 80.6 Å². The molecule has 3 fully saturated rings. The summed E-state index contributed by atoms with van der Waals surface area (Å²) in [6.45, 7) is 4.06. The van der Waals surface area contributed by atoms with Gasteiger partial charge in [-0.15, -0.1) is 0 Å². The summed E-state index contributed by atoms with van der Waals surface area (Å²) in [6, 6.07) is 8.26. The predicted octanol–water partition coefficient (Wildman–Crippen LogP) is 3.94. The number of carbonyl (C=O) groups is 2. The van der Waals surface area contributed by atoms with Gasteiger partial charge in [0.05, 0.1) is 12.1 Å². The van der Waals surface area contributed by atoms with Gasteiger partial charge in [-0.2, -0.15) is 0 Å². The number of nitrogens with one attached hydrogen (secondary N) is 3. The zero-order valence-corrected chi connectivity index (χ0v) is 24.0. The minimum atomic E-state index is -0.524. The van der Waals surface area contributed by atoms with E-state index in [0.717, 1.165) is 61.7 Å². The Morgan fingerprint density at radius 3 is 2.66 bits per heavy atom. The van der Waals surface area contributed by atoms with Crippen LogP contribution in [0.15, 0.2) is 48.9 Å². The molecule has 3 N–H and O–H groups in total. The third-order valence-corrected chi connectivity index (χ3v) is 9.74. The summed E-state index contributed by atoms with van der Waals surface area (Å²) in [5.74, 6) is -0.150. The van der Waals surface area contributed by atoms with E-state index in [0.29, 0.717) is 6.54 Å². The van der Waals surface area contributed by atoms with Crippen LogP contribution in [-0.2, 0) is 16.1 Å². The first kappa shape index (κ1) is 27.8. The summed E-state index contributed by atoms with van der Waals surface area (Å²) in [7, 11) is 1.76. The van der Waals surface area contributed by atoms with Crippen LogP contribution in [0.25, 0.3) is 10.9 Å². The molecule has 2 aromatic heterocycles. The van der Waals surface area contributed by atoms with Crippen LogP contribution in [0.5, 0.6) is 0 Å². The quantitative estimate of drug-likeness (QED) is 0.388. The molecule has 218 valence electrons. The average molecular weight is 561 g/mol. The Labute approximate surface area is 241 Å². The second kappa shape index (κ2) is 11.9. The van der Waals surface area contributed by atoms with Crippen molar-refractivity contribution in [2.45, 2.75) is 82.1 Å². The molecule has 4 heterocycles. The third kappa shape index (κ3) is 5.49. The molecule has 8 nitrogen and oxygen atoms in total. The summed E-state index contributed by atoms with van der Waals surface area (Å²) in [4.78, 5) is 39.6. The number of nitrogens with zero attached hydrogens (tertiary/aromatic N) is 3. The highest BCUT2D eigenvalue weighted by Gasteiger charge is 2.52. The van der Waals surface area contributed by atoms with E-state index in [1.807, 2.05) is 43.7 Å². The second-order valence-corrected chi connectivity index (χ2v) is 12.1. The molecule has 0 bridgehead atoms. The summed E-state index contributed by atoms with van der Waals surface area (Å²) in [6.07, 6.45) is 11.8. The molecular formula is C32H41FN6O2. The van der Waals surface area contributed by atoms with Gasteiger partial charge < -0.3 is 20.5 Å². The fourth-order valence-corrected chi connectivity index (χ4v) is 7.49. The summed E-state index contributed by atoms with van der Waals surface area (Å²) >= 11 is 0. The highest BCUT2D eigenvalue weighted by molar-refractivity contribution is 5.90. The van der Waals surface area contributed by atoms with Crippen LogP contribution in [0, 0.1) is 11.7 Å². The van der Waals surface area contributed by atoms with Crippen molar-refractivity contribution < 1.29 is 14.0 Å². The zero-order valence-electron chi connectivity index (χ0n) is 24.0. The lowest BCUT2D eigenvalue weighted by Gasteiger charge is -2.36. The largest absolute Gasteiger partial charge is 0.361 e. The molecule has 1 aliphatic carbocycles. The Balaban J connectivity index is 1.34. The van der Waals surface area contributed by atoms with Gasteiger partial charge in [0.1, 0.15) is 11.9 Å². The van der Waals surface area contributed by atoms with Crippen molar-refractivity contribution in [2.24, 2.45) is 5.92 Å². The van der Waals surface area contributed by atoms with E-state index in [1.54, 1.807) is 7.05 Å². The first-order chi connectivity index (χ1) is 19.9. The highest BCUT2D eigenvalue weighted by atomic mass is 19.1. The number of likely N-dealkylation sites (tertiary alicyclic amines) is 2. The van der Waals surface area contributed by atoms with Crippen LogP contribution in [0.4, 0.5) is 4.39 Å². The molecule has 5 atom stereocenters. The Bertz CT molecular complexity index is 1370. The minimum absolute atomic E-state index is 0.0295. The molecule has 0 spiro atoms. The maximum atomic E-state index is 14.5. The Hall–Kier alpha value is -3.30. The fourth-order valence-electron chi connectivity index (χ4n) is 7.49. The molecule has 1 aromatic carbocycles. The predicted molar refractivity (Wildman–Crippen MR) is 157 cm³/mol. The third-order valence-electron chi connectivity index (χ3n) is 9.74. The Morgan fingerprint density at radius 1 is 1.12 bits per heavy atom. The van der Waals surface area contributed by atoms with Gasteiger partial charge in [0.15, 0.2) is 0 Å². The van der Waals surface area contributed by atoms with Crippen LogP contribution in [0.2, 0.25) is 0 Å². The molecule has 2 saturated heterocycles. The Kier molecular flexibility index (Phi) is 8.08. The van der Waals surface area contributed by atoms with Gasteiger partial charge in [-0.25, -0.2) is 4.39 Å². The second-order valence-electron chi connectivity index (χ2n) is 12.1. The highest BCUT2D eigenvalue weighted by Crippen LogP contribution is 2.44. The van der Waals surface area contributed by atoms with Crippen molar-refractivity contribution in [3.63, 3.8) is 0 Å². The monoisotopic (exact) mass is 560 g/mol. The number of hydrogen-bond donors (Lipinski definition) is 3. The van der Waals surface area contributed by atoms with E-state index in [-0.39, 0.29) is 47.6 Å². The molecule has 41 heavy (non-hydrogen) atoms.